The summed E-state index contributed by atoms with van der Waals surface area (Å²) in [5.41, 5.74) is 1.40. The number of amides is 2. The predicted molar refractivity (Wildman–Crippen MR) is 114 cm³/mol. The Morgan fingerprint density at radius 1 is 0.935 bits per heavy atom. The van der Waals surface area contributed by atoms with E-state index in [0.717, 1.165) is 16.2 Å². The van der Waals surface area contributed by atoms with E-state index in [1.165, 1.54) is 13.2 Å². The average molecular weight is 417 g/mol. The molecule has 0 bridgehead atoms. The molecule has 4 rings (SSSR count). The van der Waals surface area contributed by atoms with Gasteiger partial charge in [0.05, 0.1) is 12.7 Å². The van der Waals surface area contributed by atoms with Crippen LogP contribution in [-0.4, -0.2) is 31.5 Å². The van der Waals surface area contributed by atoms with Gasteiger partial charge in [-0.2, -0.15) is 0 Å². The summed E-state index contributed by atoms with van der Waals surface area (Å²) in [5.74, 6) is -1.84. The van der Waals surface area contributed by atoms with Crippen LogP contribution in [0.2, 0.25) is 0 Å². The number of nitrogens with one attached hydrogen (secondary N) is 1. The van der Waals surface area contributed by atoms with Crippen LogP contribution in [0.5, 0.6) is 5.75 Å². The number of para-hydroxylation sites is 1. The van der Waals surface area contributed by atoms with E-state index in [1.807, 2.05) is 36.4 Å². The summed E-state index contributed by atoms with van der Waals surface area (Å²) in [6, 6.07) is 18.0. The summed E-state index contributed by atoms with van der Waals surface area (Å²) >= 11 is 0. The van der Waals surface area contributed by atoms with E-state index in [1.54, 1.807) is 25.1 Å². The molecule has 0 aliphatic heterocycles. The van der Waals surface area contributed by atoms with E-state index in [0.29, 0.717) is 16.9 Å². The van der Waals surface area contributed by atoms with Crippen molar-refractivity contribution >= 4 is 39.5 Å². The van der Waals surface area contributed by atoms with Crippen molar-refractivity contribution < 1.29 is 28.3 Å². The number of hydrogen-bond acceptors (Lipinski definition) is 6. The van der Waals surface area contributed by atoms with Crippen LogP contribution < -0.4 is 10.1 Å². The zero-order chi connectivity index (χ0) is 22.0. The molecule has 0 unspecified atom stereocenters. The highest BCUT2D eigenvalue weighted by atomic mass is 16.5. The summed E-state index contributed by atoms with van der Waals surface area (Å²) in [6.45, 7) is 1.12. The molecule has 7 nitrogen and oxygen atoms in total. The molecule has 0 spiro atoms. The second kappa shape index (κ2) is 8.31. The van der Waals surface area contributed by atoms with Crippen molar-refractivity contribution in [1.82, 2.24) is 5.32 Å². The van der Waals surface area contributed by atoms with Crippen molar-refractivity contribution in [2.45, 2.75) is 6.92 Å². The molecule has 0 saturated carbocycles. The molecule has 0 atom stereocenters. The quantitative estimate of drug-likeness (QED) is 0.493. The van der Waals surface area contributed by atoms with Crippen LogP contribution in [0.4, 0.5) is 0 Å². The maximum atomic E-state index is 12.5. The highest BCUT2D eigenvalue weighted by molar-refractivity contribution is 6.09. The SMILES string of the molecule is COc1ccccc1C(=O)NC(=O)COC(=O)c1oc2c(ccc3ccccc32)c1C. The standard InChI is InChI=1S/C24H19NO6/c1-14-16-12-11-15-7-3-4-8-17(15)22(16)31-21(14)24(28)30-13-20(26)25-23(27)18-9-5-6-10-19(18)29-2/h3-12H,13H2,1-2H3,(H,25,26,27). The Morgan fingerprint density at radius 2 is 1.68 bits per heavy atom. The summed E-state index contributed by atoms with van der Waals surface area (Å²) in [5, 5.41) is 4.83. The largest absolute Gasteiger partial charge is 0.496 e. The number of esters is 1. The Morgan fingerprint density at radius 3 is 2.48 bits per heavy atom. The number of ether oxygens (including phenoxy) is 2. The minimum Gasteiger partial charge on any atom is -0.496 e. The van der Waals surface area contributed by atoms with Gasteiger partial charge in [0.15, 0.2) is 6.61 Å². The highest BCUT2D eigenvalue weighted by Crippen LogP contribution is 2.32. The molecule has 31 heavy (non-hydrogen) atoms. The van der Waals surface area contributed by atoms with Crippen molar-refractivity contribution in [1.29, 1.82) is 0 Å². The van der Waals surface area contributed by atoms with E-state index < -0.39 is 24.4 Å². The molecule has 2 amide bonds. The van der Waals surface area contributed by atoms with Gasteiger partial charge in [0.1, 0.15) is 11.3 Å². The lowest BCUT2D eigenvalue weighted by atomic mass is 10.1. The van der Waals surface area contributed by atoms with Gasteiger partial charge in [-0.15, -0.1) is 0 Å². The monoisotopic (exact) mass is 417 g/mol. The lowest BCUT2D eigenvalue weighted by molar-refractivity contribution is -0.123. The summed E-state index contributed by atoms with van der Waals surface area (Å²) < 4.78 is 16.0. The van der Waals surface area contributed by atoms with Crippen LogP contribution in [-0.2, 0) is 9.53 Å². The zero-order valence-electron chi connectivity index (χ0n) is 16.9. The van der Waals surface area contributed by atoms with E-state index in [2.05, 4.69) is 5.32 Å². The number of aryl methyl sites for hydroxylation is 1. The molecular weight excluding hydrogens is 398 g/mol. The normalized spacial score (nSPS) is 10.8. The molecule has 1 aromatic heterocycles. The average Bonchev–Trinajstić information content (AvgIpc) is 3.14. The molecule has 0 saturated heterocycles. The van der Waals surface area contributed by atoms with E-state index in [4.69, 9.17) is 13.9 Å². The lowest BCUT2D eigenvalue weighted by Gasteiger charge is -2.08. The third kappa shape index (κ3) is 3.85. The van der Waals surface area contributed by atoms with Gasteiger partial charge in [0.2, 0.25) is 5.76 Å². The minimum absolute atomic E-state index is 0.0233. The van der Waals surface area contributed by atoms with Gasteiger partial charge >= 0.3 is 5.97 Å². The van der Waals surface area contributed by atoms with Crippen molar-refractivity contribution in [3.8, 4) is 5.75 Å². The maximum Gasteiger partial charge on any atom is 0.375 e. The molecule has 4 aromatic rings. The topological polar surface area (TPSA) is 94.8 Å². The Labute approximate surface area is 177 Å². The van der Waals surface area contributed by atoms with Crippen LogP contribution in [0, 0.1) is 6.92 Å². The fourth-order valence-corrected chi connectivity index (χ4v) is 3.40. The Kier molecular flexibility index (Phi) is 5.41. The first kappa shape index (κ1) is 20.2. The molecule has 7 heteroatoms. The lowest BCUT2D eigenvalue weighted by Crippen LogP contribution is -2.34. The van der Waals surface area contributed by atoms with Gasteiger partial charge < -0.3 is 13.9 Å². The van der Waals surface area contributed by atoms with Gasteiger partial charge in [0, 0.05) is 16.3 Å². The molecule has 0 radical (unpaired) electrons. The van der Waals surface area contributed by atoms with Crippen LogP contribution in [0.25, 0.3) is 21.7 Å². The Bertz CT molecular complexity index is 1320. The number of methoxy groups -OCH3 is 1. The first-order chi connectivity index (χ1) is 15.0. The van der Waals surface area contributed by atoms with Crippen LogP contribution >= 0.6 is 0 Å². The number of benzene rings is 3. The number of furan rings is 1. The first-order valence-electron chi connectivity index (χ1n) is 9.54. The number of fused-ring (bicyclic) bond motifs is 3. The van der Waals surface area contributed by atoms with Gasteiger partial charge in [0.25, 0.3) is 11.8 Å². The van der Waals surface area contributed by atoms with Gasteiger partial charge in [-0.3, -0.25) is 14.9 Å². The summed E-state index contributed by atoms with van der Waals surface area (Å²) in [4.78, 5) is 36.9. The Balaban J connectivity index is 1.47. The number of carbonyl (C=O) groups excluding carboxylic acids is 3. The highest BCUT2D eigenvalue weighted by Gasteiger charge is 2.22. The molecule has 0 aliphatic carbocycles. The zero-order valence-corrected chi connectivity index (χ0v) is 16.9. The van der Waals surface area contributed by atoms with Gasteiger partial charge in [-0.25, -0.2) is 4.79 Å². The van der Waals surface area contributed by atoms with E-state index in [9.17, 15) is 14.4 Å². The van der Waals surface area contributed by atoms with Gasteiger partial charge in [-0.05, 0) is 24.4 Å². The van der Waals surface area contributed by atoms with Crippen LogP contribution in [0.3, 0.4) is 0 Å². The molecule has 156 valence electrons. The van der Waals surface area contributed by atoms with E-state index >= 15 is 0 Å². The molecule has 1 heterocycles. The van der Waals surface area contributed by atoms with E-state index in [-0.39, 0.29) is 11.3 Å². The van der Waals surface area contributed by atoms with Crippen molar-refractivity contribution in [3.63, 3.8) is 0 Å². The molecule has 0 fully saturated rings. The second-order valence-corrected chi connectivity index (χ2v) is 6.87. The van der Waals surface area contributed by atoms with Crippen LogP contribution in [0.1, 0.15) is 26.5 Å². The fraction of sp³-hybridized carbons (Fsp3) is 0.125. The maximum absolute atomic E-state index is 12.5. The van der Waals surface area contributed by atoms with Crippen molar-refractivity contribution in [2.24, 2.45) is 0 Å². The molecule has 1 N–H and O–H groups in total. The van der Waals surface area contributed by atoms with Crippen molar-refractivity contribution in [3.05, 3.63) is 77.6 Å². The minimum atomic E-state index is -0.780. The molecular formula is C24H19NO6. The smallest absolute Gasteiger partial charge is 0.375 e. The fourth-order valence-electron chi connectivity index (χ4n) is 3.40. The number of rotatable bonds is 5. The number of hydrogen-bond donors (Lipinski definition) is 1. The van der Waals surface area contributed by atoms with Crippen LogP contribution in [0.15, 0.2) is 65.1 Å². The van der Waals surface area contributed by atoms with Crippen molar-refractivity contribution in [2.75, 3.05) is 13.7 Å². The number of carbonyl (C=O) groups is 3. The molecule has 0 aliphatic rings. The second-order valence-electron chi connectivity index (χ2n) is 6.87. The predicted octanol–water partition coefficient (Wildman–Crippen LogP) is 4.02. The summed E-state index contributed by atoms with van der Waals surface area (Å²) in [6.07, 6.45) is 0. The van der Waals surface area contributed by atoms with Gasteiger partial charge in [-0.1, -0.05) is 48.5 Å². The number of imide groups is 1. The molecule has 3 aromatic carbocycles. The summed E-state index contributed by atoms with van der Waals surface area (Å²) in [7, 11) is 1.43. The Hall–Kier alpha value is -4.13. The third-order valence-electron chi connectivity index (χ3n) is 4.95. The first-order valence-corrected chi connectivity index (χ1v) is 9.54. The third-order valence-corrected chi connectivity index (χ3v) is 4.95.